The Morgan fingerprint density at radius 3 is 2.78 bits per heavy atom. The van der Waals surface area contributed by atoms with Gasteiger partial charge in [-0.3, -0.25) is 4.79 Å². The first-order valence-electron chi connectivity index (χ1n) is 5.40. The van der Waals surface area contributed by atoms with Crippen LogP contribution >= 0.6 is 11.8 Å². The number of nitrogens with zero attached hydrogens (tertiary/aromatic N) is 1. The lowest BCUT2D eigenvalue weighted by Gasteiger charge is -2.03. The van der Waals surface area contributed by atoms with Crippen molar-refractivity contribution in [1.82, 2.24) is 0 Å². The van der Waals surface area contributed by atoms with Crippen LogP contribution in [-0.2, 0) is 0 Å². The van der Waals surface area contributed by atoms with Gasteiger partial charge in [0, 0.05) is 9.79 Å². The third-order valence-electron chi connectivity index (χ3n) is 2.71. The van der Waals surface area contributed by atoms with Crippen LogP contribution in [0.3, 0.4) is 0 Å². The molecule has 2 aromatic carbocycles. The molecule has 2 aromatic rings. The highest BCUT2D eigenvalue weighted by molar-refractivity contribution is 7.99. The number of hydrogen-bond acceptors (Lipinski definition) is 3. The lowest BCUT2D eigenvalue weighted by Crippen LogP contribution is -2.11. The summed E-state index contributed by atoms with van der Waals surface area (Å²) in [6.45, 7) is 0. The maximum absolute atomic E-state index is 12.1. The van der Waals surface area contributed by atoms with Crippen LogP contribution < -0.4 is 5.32 Å². The lowest BCUT2D eigenvalue weighted by atomic mass is 10.1. The highest BCUT2D eigenvalue weighted by Gasteiger charge is 2.19. The Balaban J connectivity index is 2.18. The number of fused-ring (bicyclic) bond motifs is 2. The molecule has 0 aliphatic carbocycles. The number of rotatable bonds is 0. The van der Waals surface area contributed by atoms with E-state index in [2.05, 4.69) is 11.4 Å². The van der Waals surface area contributed by atoms with E-state index >= 15 is 0 Å². The quantitative estimate of drug-likeness (QED) is 0.782. The molecule has 3 rings (SSSR count). The maximum atomic E-state index is 12.1. The minimum Gasteiger partial charge on any atom is -0.321 e. The van der Waals surface area contributed by atoms with Gasteiger partial charge >= 0.3 is 0 Å². The van der Waals surface area contributed by atoms with Crippen molar-refractivity contribution in [2.24, 2.45) is 0 Å². The normalized spacial score (nSPS) is 12.7. The molecule has 86 valence electrons. The van der Waals surface area contributed by atoms with Gasteiger partial charge in [-0.25, -0.2) is 0 Å². The molecule has 0 atom stereocenters. The lowest BCUT2D eigenvalue weighted by molar-refractivity contribution is 0.102. The molecule has 1 aliphatic heterocycles. The van der Waals surface area contributed by atoms with Crippen LogP contribution in [0.1, 0.15) is 15.9 Å². The maximum Gasteiger partial charge on any atom is 0.256 e. The van der Waals surface area contributed by atoms with E-state index < -0.39 is 0 Å². The van der Waals surface area contributed by atoms with Crippen molar-refractivity contribution < 1.29 is 4.79 Å². The summed E-state index contributed by atoms with van der Waals surface area (Å²) in [5.41, 5.74) is 1.98. The summed E-state index contributed by atoms with van der Waals surface area (Å²) >= 11 is 1.50. The summed E-state index contributed by atoms with van der Waals surface area (Å²) in [6.07, 6.45) is 0. The van der Waals surface area contributed by atoms with Gasteiger partial charge in [0.05, 0.1) is 22.9 Å². The van der Waals surface area contributed by atoms with Crippen LogP contribution in [0.25, 0.3) is 0 Å². The Labute approximate surface area is 108 Å². The summed E-state index contributed by atoms with van der Waals surface area (Å²) < 4.78 is 0. The summed E-state index contributed by atoms with van der Waals surface area (Å²) in [5, 5.41) is 11.8. The summed E-state index contributed by atoms with van der Waals surface area (Å²) in [7, 11) is 0. The van der Waals surface area contributed by atoms with Crippen LogP contribution in [-0.4, -0.2) is 5.91 Å². The second-order valence-corrected chi connectivity index (χ2v) is 4.96. The van der Waals surface area contributed by atoms with Gasteiger partial charge in [0.2, 0.25) is 0 Å². The molecule has 0 spiro atoms. The molecule has 18 heavy (non-hydrogen) atoms. The Morgan fingerprint density at radius 2 is 1.94 bits per heavy atom. The number of carbonyl (C=O) groups is 1. The van der Waals surface area contributed by atoms with Crippen molar-refractivity contribution in [1.29, 1.82) is 5.26 Å². The van der Waals surface area contributed by atoms with Crippen LogP contribution in [0.15, 0.2) is 52.3 Å². The zero-order valence-electron chi connectivity index (χ0n) is 9.31. The summed E-state index contributed by atoms with van der Waals surface area (Å²) in [4.78, 5) is 13.9. The van der Waals surface area contributed by atoms with E-state index in [0.717, 1.165) is 15.5 Å². The topological polar surface area (TPSA) is 52.9 Å². The number of nitriles is 1. The fourth-order valence-corrected chi connectivity index (χ4v) is 2.90. The molecule has 1 amide bonds. The Morgan fingerprint density at radius 1 is 1.11 bits per heavy atom. The summed E-state index contributed by atoms with van der Waals surface area (Å²) in [6, 6.07) is 14.8. The van der Waals surface area contributed by atoms with E-state index in [0.29, 0.717) is 11.1 Å². The van der Waals surface area contributed by atoms with E-state index in [-0.39, 0.29) is 5.91 Å². The van der Waals surface area contributed by atoms with Gasteiger partial charge in [0.1, 0.15) is 0 Å². The molecule has 3 nitrogen and oxygen atoms in total. The van der Waals surface area contributed by atoms with Gasteiger partial charge in [-0.1, -0.05) is 23.9 Å². The zero-order chi connectivity index (χ0) is 12.5. The zero-order valence-corrected chi connectivity index (χ0v) is 10.1. The first-order valence-corrected chi connectivity index (χ1v) is 6.22. The first-order chi connectivity index (χ1) is 8.78. The number of benzene rings is 2. The van der Waals surface area contributed by atoms with E-state index in [1.165, 1.54) is 11.8 Å². The van der Waals surface area contributed by atoms with Crippen molar-refractivity contribution in [3.63, 3.8) is 0 Å². The molecule has 1 N–H and O–H groups in total. The van der Waals surface area contributed by atoms with Gasteiger partial charge < -0.3 is 5.32 Å². The third-order valence-corrected chi connectivity index (χ3v) is 3.84. The van der Waals surface area contributed by atoms with Gasteiger partial charge in [-0.05, 0) is 30.3 Å². The van der Waals surface area contributed by atoms with E-state index in [1.807, 2.05) is 24.3 Å². The standard InChI is InChI=1S/C14H8N2OS/c15-8-9-5-6-10-13(7-9)18-12-4-2-1-3-11(12)16-14(10)17/h1-7H,(H,16,17). The van der Waals surface area contributed by atoms with Gasteiger partial charge in [0.15, 0.2) is 0 Å². The van der Waals surface area contributed by atoms with Crippen LogP contribution in [0.4, 0.5) is 5.69 Å². The molecular formula is C14H8N2OS. The minimum atomic E-state index is -0.132. The number of amides is 1. The first kappa shape index (κ1) is 10.9. The van der Waals surface area contributed by atoms with Crippen molar-refractivity contribution in [2.45, 2.75) is 9.79 Å². The molecule has 0 saturated carbocycles. The fourth-order valence-electron chi connectivity index (χ4n) is 1.83. The highest BCUT2D eigenvalue weighted by Crippen LogP contribution is 2.38. The monoisotopic (exact) mass is 252 g/mol. The predicted octanol–water partition coefficient (Wildman–Crippen LogP) is 3.28. The van der Waals surface area contributed by atoms with E-state index in [1.54, 1.807) is 18.2 Å². The largest absolute Gasteiger partial charge is 0.321 e. The average molecular weight is 252 g/mol. The van der Waals surface area contributed by atoms with Crippen molar-refractivity contribution in [3.05, 3.63) is 53.6 Å². The second-order valence-electron chi connectivity index (χ2n) is 3.88. The van der Waals surface area contributed by atoms with Crippen LogP contribution in [0.5, 0.6) is 0 Å². The van der Waals surface area contributed by atoms with Gasteiger partial charge in [-0.15, -0.1) is 0 Å². The fraction of sp³-hybridized carbons (Fsp3) is 0. The number of carbonyl (C=O) groups excluding carboxylic acids is 1. The Bertz CT molecular complexity index is 688. The SMILES string of the molecule is N#Cc1ccc2c(c1)Sc1ccccc1NC2=O. The van der Waals surface area contributed by atoms with Gasteiger partial charge in [-0.2, -0.15) is 5.26 Å². The number of nitrogens with one attached hydrogen (secondary N) is 1. The second kappa shape index (κ2) is 4.21. The molecule has 0 saturated heterocycles. The molecule has 0 unspecified atom stereocenters. The van der Waals surface area contributed by atoms with Crippen molar-refractivity contribution in [2.75, 3.05) is 5.32 Å². The smallest absolute Gasteiger partial charge is 0.256 e. The molecule has 4 heteroatoms. The van der Waals surface area contributed by atoms with Crippen LogP contribution in [0, 0.1) is 11.3 Å². The number of para-hydroxylation sites is 1. The highest BCUT2D eigenvalue weighted by atomic mass is 32.2. The van der Waals surface area contributed by atoms with E-state index in [4.69, 9.17) is 5.26 Å². The average Bonchev–Trinajstić information content (AvgIpc) is 2.54. The number of hydrogen-bond donors (Lipinski definition) is 1. The Hall–Kier alpha value is -2.25. The minimum absolute atomic E-state index is 0.132. The molecule has 0 bridgehead atoms. The van der Waals surface area contributed by atoms with E-state index in [9.17, 15) is 4.79 Å². The molecule has 0 radical (unpaired) electrons. The predicted molar refractivity (Wildman–Crippen MR) is 69.7 cm³/mol. The third kappa shape index (κ3) is 1.75. The summed E-state index contributed by atoms with van der Waals surface area (Å²) in [5.74, 6) is -0.132. The molecule has 0 fully saturated rings. The van der Waals surface area contributed by atoms with Crippen molar-refractivity contribution >= 4 is 23.4 Å². The molecular weight excluding hydrogens is 244 g/mol. The Kier molecular flexibility index (Phi) is 2.54. The van der Waals surface area contributed by atoms with Crippen molar-refractivity contribution in [3.8, 4) is 6.07 Å². The molecule has 0 aromatic heterocycles. The molecule has 1 heterocycles. The number of anilines is 1. The molecule has 1 aliphatic rings. The van der Waals surface area contributed by atoms with Crippen LogP contribution in [0.2, 0.25) is 0 Å². The van der Waals surface area contributed by atoms with Gasteiger partial charge in [0.25, 0.3) is 5.91 Å².